The summed E-state index contributed by atoms with van der Waals surface area (Å²) in [6.07, 6.45) is 1.32. The summed E-state index contributed by atoms with van der Waals surface area (Å²) in [5.74, 6) is 0.772. The van der Waals surface area contributed by atoms with Crippen molar-refractivity contribution in [3.8, 4) is 0 Å². The van der Waals surface area contributed by atoms with Gasteiger partial charge in [0.2, 0.25) is 0 Å². The smallest absolute Gasteiger partial charge is 0.410 e. The van der Waals surface area contributed by atoms with Gasteiger partial charge in [0.25, 0.3) is 0 Å². The van der Waals surface area contributed by atoms with Crippen molar-refractivity contribution in [2.24, 2.45) is 11.8 Å². The Morgan fingerprint density at radius 3 is 2.64 bits per heavy atom. The van der Waals surface area contributed by atoms with E-state index in [1.54, 1.807) is 4.90 Å². The molecule has 1 saturated heterocycles. The molecular formula is C19H25Cl2NO3. The molecule has 0 bridgehead atoms. The lowest BCUT2D eigenvalue weighted by atomic mass is 9.88. The fourth-order valence-corrected chi connectivity index (χ4v) is 4.68. The van der Waals surface area contributed by atoms with Gasteiger partial charge in [-0.05, 0) is 63.1 Å². The van der Waals surface area contributed by atoms with Crippen LogP contribution in [0.1, 0.15) is 39.2 Å². The van der Waals surface area contributed by atoms with Crippen LogP contribution in [0.25, 0.3) is 0 Å². The third kappa shape index (κ3) is 3.49. The predicted octanol–water partition coefficient (Wildman–Crippen LogP) is 4.50. The molecule has 3 rings (SSSR count). The molecule has 138 valence electrons. The first kappa shape index (κ1) is 18.8. The van der Waals surface area contributed by atoms with Gasteiger partial charge in [-0.3, -0.25) is 0 Å². The van der Waals surface area contributed by atoms with E-state index in [1.807, 2.05) is 39.0 Å². The van der Waals surface area contributed by atoms with E-state index >= 15 is 0 Å². The zero-order valence-electron chi connectivity index (χ0n) is 14.9. The SMILES string of the molecule is CC(C)(C)OC(=O)N1CC[C@H]2[C@@H](C1)[C@@]2(CCO)c1ccc(Cl)c(Cl)c1. The summed E-state index contributed by atoms with van der Waals surface area (Å²) < 4.78 is 5.51. The van der Waals surface area contributed by atoms with Crippen molar-refractivity contribution < 1.29 is 14.6 Å². The van der Waals surface area contributed by atoms with E-state index in [1.165, 1.54) is 0 Å². The molecule has 1 aliphatic carbocycles. The summed E-state index contributed by atoms with van der Waals surface area (Å²) >= 11 is 12.3. The van der Waals surface area contributed by atoms with Crippen molar-refractivity contribution in [3.05, 3.63) is 33.8 Å². The van der Waals surface area contributed by atoms with Crippen molar-refractivity contribution in [1.82, 2.24) is 4.90 Å². The highest BCUT2D eigenvalue weighted by Crippen LogP contribution is 2.65. The Kier molecular flexibility index (Phi) is 5.00. The van der Waals surface area contributed by atoms with Gasteiger partial charge in [0.05, 0.1) is 10.0 Å². The molecule has 2 aliphatic rings. The number of halogens is 2. The summed E-state index contributed by atoms with van der Waals surface area (Å²) in [5, 5.41) is 10.7. The molecule has 1 saturated carbocycles. The van der Waals surface area contributed by atoms with Gasteiger partial charge in [-0.25, -0.2) is 4.79 Å². The summed E-state index contributed by atoms with van der Waals surface area (Å²) in [5.41, 5.74) is 0.486. The highest BCUT2D eigenvalue weighted by Gasteiger charge is 2.66. The number of carbonyl (C=O) groups is 1. The Bertz CT molecular complexity index is 673. The quantitative estimate of drug-likeness (QED) is 0.832. The molecule has 1 aromatic carbocycles. The second-order valence-corrected chi connectivity index (χ2v) is 8.89. The summed E-state index contributed by atoms with van der Waals surface area (Å²) in [6.45, 7) is 7.08. The second-order valence-electron chi connectivity index (χ2n) is 8.07. The van der Waals surface area contributed by atoms with Gasteiger partial charge in [-0.15, -0.1) is 0 Å². The number of rotatable bonds is 3. The number of hydrogen-bond donors (Lipinski definition) is 1. The number of aliphatic hydroxyl groups excluding tert-OH is 1. The third-order valence-corrected chi connectivity index (χ3v) is 6.20. The molecule has 25 heavy (non-hydrogen) atoms. The van der Waals surface area contributed by atoms with Crippen molar-refractivity contribution in [2.45, 2.75) is 44.6 Å². The Balaban J connectivity index is 1.80. The first-order valence-corrected chi connectivity index (χ1v) is 9.49. The van der Waals surface area contributed by atoms with Gasteiger partial charge >= 0.3 is 6.09 Å². The fraction of sp³-hybridized carbons (Fsp3) is 0.632. The minimum atomic E-state index is -0.497. The molecule has 2 fully saturated rings. The summed E-state index contributed by atoms with van der Waals surface area (Å²) in [7, 11) is 0. The van der Waals surface area contributed by atoms with Crippen LogP contribution < -0.4 is 0 Å². The molecule has 0 aromatic heterocycles. The molecule has 1 heterocycles. The molecule has 0 unspecified atom stereocenters. The highest BCUT2D eigenvalue weighted by atomic mass is 35.5. The number of benzene rings is 1. The normalized spacial score (nSPS) is 28.5. The van der Waals surface area contributed by atoms with E-state index in [4.69, 9.17) is 27.9 Å². The number of amides is 1. The highest BCUT2D eigenvalue weighted by molar-refractivity contribution is 6.42. The molecule has 0 radical (unpaired) electrons. The minimum absolute atomic E-state index is 0.111. The van der Waals surface area contributed by atoms with E-state index < -0.39 is 5.60 Å². The maximum atomic E-state index is 12.4. The molecule has 1 amide bonds. The van der Waals surface area contributed by atoms with Gasteiger partial charge in [0, 0.05) is 25.1 Å². The lowest BCUT2D eigenvalue weighted by Gasteiger charge is -2.29. The van der Waals surface area contributed by atoms with E-state index in [2.05, 4.69) is 0 Å². The number of hydrogen-bond acceptors (Lipinski definition) is 3. The topological polar surface area (TPSA) is 49.8 Å². The van der Waals surface area contributed by atoms with Crippen LogP contribution in [0.15, 0.2) is 18.2 Å². The molecular weight excluding hydrogens is 361 g/mol. The maximum Gasteiger partial charge on any atom is 0.410 e. The number of piperidine rings is 1. The Labute approximate surface area is 159 Å². The van der Waals surface area contributed by atoms with Crippen LogP contribution in [0, 0.1) is 11.8 Å². The first-order valence-electron chi connectivity index (χ1n) is 8.73. The lowest BCUT2D eigenvalue weighted by Crippen LogP contribution is -2.40. The Morgan fingerprint density at radius 1 is 1.32 bits per heavy atom. The van der Waals surface area contributed by atoms with Crippen molar-refractivity contribution in [1.29, 1.82) is 0 Å². The number of fused-ring (bicyclic) bond motifs is 1. The van der Waals surface area contributed by atoms with E-state index in [-0.39, 0.29) is 18.1 Å². The van der Waals surface area contributed by atoms with Crippen LogP contribution in [0.5, 0.6) is 0 Å². The van der Waals surface area contributed by atoms with Crippen molar-refractivity contribution in [3.63, 3.8) is 0 Å². The van der Waals surface area contributed by atoms with Gasteiger partial charge in [-0.1, -0.05) is 29.3 Å². The number of aliphatic hydroxyl groups is 1. The van der Waals surface area contributed by atoms with Crippen LogP contribution in [-0.4, -0.2) is 41.4 Å². The van der Waals surface area contributed by atoms with Crippen LogP contribution in [-0.2, 0) is 10.2 Å². The van der Waals surface area contributed by atoms with Crippen LogP contribution in [0.4, 0.5) is 4.79 Å². The van der Waals surface area contributed by atoms with Crippen LogP contribution in [0.2, 0.25) is 10.0 Å². The van der Waals surface area contributed by atoms with Crippen LogP contribution in [0.3, 0.4) is 0 Å². The largest absolute Gasteiger partial charge is 0.444 e. The summed E-state index contributed by atoms with van der Waals surface area (Å²) in [6, 6.07) is 5.73. The average molecular weight is 386 g/mol. The van der Waals surface area contributed by atoms with E-state index in [0.717, 1.165) is 12.0 Å². The molecule has 4 nitrogen and oxygen atoms in total. The van der Waals surface area contributed by atoms with E-state index in [0.29, 0.717) is 41.4 Å². The third-order valence-electron chi connectivity index (χ3n) is 5.46. The minimum Gasteiger partial charge on any atom is -0.444 e. The summed E-state index contributed by atoms with van der Waals surface area (Å²) in [4.78, 5) is 14.2. The van der Waals surface area contributed by atoms with Crippen LogP contribution >= 0.6 is 23.2 Å². The predicted molar refractivity (Wildman–Crippen MR) is 99.2 cm³/mol. The molecule has 1 aromatic rings. The zero-order chi connectivity index (χ0) is 18.4. The van der Waals surface area contributed by atoms with E-state index in [9.17, 15) is 9.90 Å². The monoisotopic (exact) mass is 385 g/mol. The number of ether oxygens (including phenoxy) is 1. The van der Waals surface area contributed by atoms with Gasteiger partial charge in [0.1, 0.15) is 5.60 Å². The Morgan fingerprint density at radius 2 is 2.04 bits per heavy atom. The Hall–Kier alpha value is -0.970. The first-order chi connectivity index (χ1) is 11.7. The second kappa shape index (κ2) is 6.64. The molecule has 3 atom stereocenters. The number of likely N-dealkylation sites (tertiary alicyclic amines) is 1. The van der Waals surface area contributed by atoms with Gasteiger partial charge in [0.15, 0.2) is 0 Å². The number of carbonyl (C=O) groups excluding carboxylic acids is 1. The molecule has 1 aliphatic heterocycles. The van der Waals surface area contributed by atoms with Crippen molar-refractivity contribution in [2.75, 3.05) is 19.7 Å². The zero-order valence-corrected chi connectivity index (χ0v) is 16.4. The van der Waals surface area contributed by atoms with Gasteiger partial charge in [-0.2, -0.15) is 0 Å². The standard InChI is InChI=1S/C19H25Cl2NO3/c1-18(2,3)25-17(24)22-8-6-13-14(11-22)19(13,7-9-23)12-4-5-15(20)16(21)10-12/h4-5,10,13-14,23H,6-9,11H2,1-3H3/t13-,14+,19-/m0/s1. The number of nitrogens with zero attached hydrogens (tertiary/aromatic N) is 1. The molecule has 0 spiro atoms. The molecule has 1 N–H and O–H groups in total. The average Bonchev–Trinajstić information content (AvgIpc) is 3.16. The van der Waals surface area contributed by atoms with Gasteiger partial charge < -0.3 is 14.7 Å². The lowest BCUT2D eigenvalue weighted by molar-refractivity contribution is 0.0206. The fourth-order valence-electron chi connectivity index (χ4n) is 4.38. The maximum absolute atomic E-state index is 12.4. The molecule has 6 heteroatoms. The van der Waals surface area contributed by atoms with Crippen molar-refractivity contribution >= 4 is 29.3 Å².